The molecular formula is C46H29NOS. The minimum atomic E-state index is 0.880. The van der Waals surface area contributed by atoms with Crippen LogP contribution in [0.1, 0.15) is 0 Å². The van der Waals surface area contributed by atoms with Gasteiger partial charge in [-0.05, 0) is 87.6 Å². The first kappa shape index (κ1) is 27.9. The molecule has 0 saturated heterocycles. The molecule has 2 heterocycles. The summed E-state index contributed by atoms with van der Waals surface area (Å²) in [5, 5.41) is 7.26. The Bertz CT molecular complexity index is 2740. The van der Waals surface area contributed by atoms with Gasteiger partial charge in [-0.2, -0.15) is 0 Å². The number of rotatable bonds is 5. The maximum atomic E-state index is 6.41. The van der Waals surface area contributed by atoms with Crippen LogP contribution in [0.2, 0.25) is 0 Å². The van der Waals surface area contributed by atoms with E-state index in [9.17, 15) is 0 Å². The van der Waals surface area contributed by atoms with E-state index in [-0.39, 0.29) is 0 Å². The van der Waals surface area contributed by atoms with Crippen molar-refractivity contribution < 1.29 is 4.42 Å². The molecule has 0 bridgehead atoms. The molecule has 0 radical (unpaired) electrons. The van der Waals surface area contributed by atoms with E-state index in [2.05, 4.69) is 175 Å². The molecule has 0 saturated carbocycles. The van der Waals surface area contributed by atoms with Crippen molar-refractivity contribution in [1.29, 1.82) is 0 Å². The normalized spacial score (nSPS) is 11.7. The van der Waals surface area contributed by atoms with Gasteiger partial charge in [0.15, 0.2) is 0 Å². The van der Waals surface area contributed by atoms with Gasteiger partial charge in [-0.25, -0.2) is 0 Å². The third-order valence-electron chi connectivity index (χ3n) is 9.64. The average molecular weight is 644 g/mol. The Morgan fingerprint density at radius 2 is 1.02 bits per heavy atom. The monoisotopic (exact) mass is 643 g/mol. The van der Waals surface area contributed by atoms with E-state index >= 15 is 0 Å². The van der Waals surface area contributed by atoms with Crippen molar-refractivity contribution in [2.24, 2.45) is 0 Å². The van der Waals surface area contributed by atoms with Crippen molar-refractivity contribution in [2.75, 3.05) is 4.90 Å². The molecule has 0 aliphatic rings. The van der Waals surface area contributed by atoms with Gasteiger partial charge in [0.2, 0.25) is 0 Å². The predicted octanol–water partition coefficient (Wildman–Crippen LogP) is 13.9. The van der Waals surface area contributed by atoms with Gasteiger partial charge < -0.3 is 9.32 Å². The fraction of sp³-hybridized carbons (Fsp3) is 0. The minimum Gasteiger partial charge on any atom is -0.456 e. The van der Waals surface area contributed by atoms with E-state index in [1.165, 1.54) is 47.6 Å². The molecular weight excluding hydrogens is 615 g/mol. The van der Waals surface area contributed by atoms with Gasteiger partial charge in [0, 0.05) is 31.2 Å². The molecule has 0 amide bonds. The largest absolute Gasteiger partial charge is 0.456 e. The lowest BCUT2D eigenvalue weighted by atomic mass is 9.95. The third kappa shape index (κ3) is 4.55. The van der Waals surface area contributed by atoms with Gasteiger partial charge in [0.1, 0.15) is 11.2 Å². The molecule has 10 rings (SSSR count). The van der Waals surface area contributed by atoms with E-state index in [0.29, 0.717) is 0 Å². The van der Waals surface area contributed by atoms with Crippen LogP contribution in [0.25, 0.3) is 75.1 Å². The molecule has 0 aliphatic carbocycles. The van der Waals surface area contributed by atoms with Crippen LogP contribution in [0, 0.1) is 0 Å². The number of thiophene rings is 1. The summed E-state index contributed by atoms with van der Waals surface area (Å²) in [5.74, 6) is 0. The average Bonchev–Trinajstić information content (AvgIpc) is 3.74. The second-order valence-electron chi connectivity index (χ2n) is 12.5. The van der Waals surface area contributed by atoms with Gasteiger partial charge in [-0.1, -0.05) is 121 Å². The van der Waals surface area contributed by atoms with Crippen molar-refractivity contribution in [3.63, 3.8) is 0 Å². The van der Waals surface area contributed by atoms with Crippen molar-refractivity contribution in [1.82, 2.24) is 0 Å². The Hall–Kier alpha value is -6.16. The van der Waals surface area contributed by atoms with Crippen LogP contribution in [-0.2, 0) is 0 Å². The molecule has 2 nitrogen and oxygen atoms in total. The van der Waals surface area contributed by atoms with Crippen molar-refractivity contribution in [3.05, 3.63) is 176 Å². The quantitative estimate of drug-likeness (QED) is 0.186. The van der Waals surface area contributed by atoms with Crippen LogP contribution in [0.5, 0.6) is 0 Å². The smallest absolute Gasteiger partial charge is 0.137 e. The van der Waals surface area contributed by atoms with Crippen LogP contribution in [0.4, 0.5) is 17.1 Å². The highest BCUT2D eigenvalue weighted by molar-refractivity contribution is 7.26. The van der Waals surface area contributed by atoms with Gasteiger partial charge in [-0.3, -0.25) is 0 Å². The number of hydrogen-bond acceptors (Lipinski definition) is 3. The van der Waals surface area contributed by atoms with E-state index in [4.69, 9.17) is 4.42 Å². The number of fused-ring (bicyclic) bond motifs is 7. The van der Waals surface area contributed by atoms with Crippen LogP contribution in [-0.4, -0.2) is 0 Å². The molecule has 230 valence electrons. The Morgan fingerprint density at radius 1 is 0.408 bits per heavy atom. The fourth-order valence-corrected chi connectivity index (χ4v) is 8.59. The first-order valence-corrected chi connectivity index (χ1v) is 17.4. The number of furan rings is 1. The van der Waals surface area contributed by atoms with Crippen molar-refractivity contribution in [2.45, 2.75) is 0 Å². The summed E-state index contributed by atoms with van der Waals surface area (Å²) in [5.41, 5.74) is 9.89. The summed E-state index contributed by atoms with van der Waals surface area (Å²) in [7, 11) is 0. The van der Waals surface area contributed by atoms with Gasteiger partial charge in [-0.15, -0.1) is 11.3 Å². The topological polar surface area (TPSA) is 16.4 Å². The number of nitrogens with zero attached hydrogens (tertiary/aromatic N) is 1. The highest BCUT2D eigenvalue weighted by atomic mass is 32.1. The van der Waals surface area contributed by atoms with E-state index in [0.717, 1.165) is 44.6 Å². The summed E-state index contributed by atoms with van der Waals surface area (Å²) in [4.78, 5) is 2.43. The molecule has 0 atom stereocenters. The molecule has 0 unspecified atom stereocenters. The number of hydrogen-bond donors (Lipinski definition) is 0. The fourth-order valence-electron chi connectivity index (χ4n) is 7.46. The molecule has 0 aliphatic heterocycles. The van der Waals surface area contributed by atoms with Crippen LogP contribution < -0.4 is 4.90 Å². The molecule has 2 aromatic heterocycles. The van der Waals surface area contributed by atoms with Gasteiger partial charge >= 0.3 is 0 Å². The number of anilines is 3. The highest BCUT2D eigenvalue weighted by Gasteiger charge is 2.22. The first-order valence-electron chi connectivity index (χ1n) is 16.6. The summed E-state index contributed by atoms with van der Waals surface area (Å²) in [6.07, 6.45) is 0. The maximum Gasteiger partial charge on any atom is 0.137 e. The molecule has 0 fully saturated rings. The van der Waals surface area contributed by atoms with E-state index in [1.54, 1.807) is 0 Å². The molecule has 49 heavy (non-hydrogen) atoms. The summed E-state index contributed by atoms with van der Waals surface area (Å²) in [6, 6.07) is 63.3. The third-order valence-corrected chi connectivity index (χ3v) is 10.8. The number of para-hydroxylation sites is 1. The lowest BCUT2D eigenvalue weighted by molar-refractivity contribution is 0.669. The van der Waals surface area contributed by atoms with Crippen LogP contribution in [0.15, 0.2) is 180 Å². The Kier molecular flexibility index (Phi) is 6.39. The Labute approximate surface area is 287 Å². The Balaban J connectivity index is 1.21. The summed E-state index contributed by atoms with van der Waals surface area (Å²) < 4.78 is 8.97. The zero-order chi connectivity index (χ0) is 32.3. The second kappa shape index (κ2) is 11.2. The van der Waals surface area contributed by atoms with Gasteiger partial charge in [0.05, 0.1) is 16.8 Å². The zero-order valence-corrected chi connectivity index (χ0v) is 27.3. The standard InChI is InChI=1S/C46H29NOS/c1-2-18-35-30(12-1)13-9-21-36(35)33-16-7-14-31(28-33)32-15-8-17-34(29-32)47(39-22-10-25-42-45(39)37-19-3-5-24-41(37)48-42)40-23-11-27-44-46(40)38-20-4-6-26-43(38)49-44/h1-29H. The van der Waals surface area contributed by atoms with Crippen LogP contribution in [0.3, 0.4) is 0 Å². The Morgan fingerprint density at radius 3 is 1.94 bits per heavy atom. The highest BCUT2D eigenvalue weighted by Crippen LogP contribution is 2.48. The number of benzene rings is 8. The maximum absolute atomic E-state index is 6.41. The van der Waals surface area contributed by atoms with Crippen molar-refractivity contribution in [3.8, 4) is 22.3 Å². The molecule has 10 aromatic rings. The zero-order valence-electron chi connectivity index (χ0n) is 26.5. The molecule has 0 spiro atoms. The lowest BCUT2D eigenvalue weighted by Crippen LogP contribution is -2.10. The van der Waals surface area contributed by atoms with Crippen molar-refractivity contribution >= 4 is 81.3 Å². The van der Waals surface area contributed by atoms with E-state index < -0.39 is 0 Å². The predicted molar refractivity (Wildman–Crippen MR) is 210 cm³/mol. The summed E-state index contributed by atoms with van der Waals surface area (Å²) >= 11 is 1.85. The second-order valence-corrected chi connectivity index (χ2v) is 13.6. The molecule has 3 heteroatoms. The summed E-state index contributed by atoms with van der Waals surface area (Å²) in [6.45, 7) is 0. The van der Waals surface area contributed by atoms with E-state index in [1.807, 2.05) is 17.4 Å². The van der Waals surface area contributed by atoms with Gasteiger partial charge in [0.25, 0.3) is 0 Å². The SMILES string of the molecule is c1cc(-c2cccc(N(c3cccc4oc5ccccc5c34)c3cccc4sc5ccccc5c34)c2)cc(-c2cccc3ccccc23)c1. The first-order chi connectivity index (χ1) is 24.3. The molecule has 0 N–H and O–H groups in total. The lowest BCUT2D eigenvalue weighted by Gasteiger charge is -2.27. The molecule has 8 aromatic carbocycles. The minimum absolute atomic E-state index is 0.880. The van der Waals surface area contributed by atoms with Crippen LogP contribution >= 0.6 is 11.3 Å².